The number of carbonyl (C=O) groups excluding carboxylic acids is 1. The molecule has 1 aromatic rings. The third kappa shape index (κ3) is 3.12. The smallest absolute Gasteiger partial charge is 0.212 e. The standard InChI is InChI=1S/C20H29NO4S/c1-14-7-5-6-8-16(14)17(25-4)12-21-26(23,24)13-20-10-9-15(11-18(20)22)19(20,2)3/h5-8,15,17,21H,9-13H2,1-4H3/t15-,17+,20+/m1/s1. The second-order valence-electron chi connectivity index (χ2n) is 8.36. The number of aryl methyl sites for hydroxylation is 1. The van der Waals surface area contributed by atoms with Crippen LogP contribution in [-0.4, -0.2) is 33.6 Å². The lowest BCUT2D eigenvalue weighted by atomic mass is 9.70. The zero-order chi connectivity index (χ0) is 19.2. The highest BCUT2D eigenvalue weighted by atomic mass is 32.2. The number of fused-ring (bicyclic) bond motifs is 2. The van der Waals surface area contributed by atoms with Crippen LogP contribution in [0.3, 0.4) is 0 Å². The minimum atomic E-state index is -3.59. The van der Waals surface area contributed by atoms with Crippen LogP contribution in [0.1, 0.15) is 50.3 Å². The maximum absolute atomic E-state index is 12.8. The summed E-state index contributed by atoms with van der Waals surface area (Å²) < 4.78 is 33.8. The maximum atomic E-state index is 12.8. The molecule has 2 bridgehead atoms. The van der Waals surface area contributed by atoms with Crippen LogP contribution in [0, 0.1) is 23.7 Å². The third-order valence-electron chi connectivity index (χ3n) is 6.88. The van der Waals surface area contributed by atoms with Crippen molar-refractivity contribution in [2.45, 2.75) is 46.1 Å². The van der Waals surface area contributed by atoms with Crippen LogP contribution in [0.5, 0.6) is 0 Å². The van der Waals surface area contributed by atoms with Gasteiger partial charge in [-0.15, -0.1) is 0 Å². The fraction of sp³-hybridized carbons (Fsp3) is 0.650. The number of carbonyl (C=O) groups is 1. The molecular weight excluding hydrogens is 350 g/mol. The molecule has 6 heteroatoms. The van der Waals surface area contributed by atoms with Gasteiger partial charge in [0.1, 0.15) is 5.78 Å². The van der Waals surface area contributed by atoms with E-state index in [4.69, 9.17) is 4.74 Å². The van der Waals surface area contributed by atoms with Gasteiger partial charge in [0, 0.05) is 25.5 Å². The Morgan fingerprint density at radius 3 is 2.54 bits per heavy atom. The van der Waals surface area contributed by atoms with Crippen LogP contribution in [0.2, 0.25) is 0 Å². The molecule has 1 aromatic carbocycles. The lowest BCUT2D eigenvalue weighted by Gasteiger charge is -2.36. The number of Topliss-reactive ketones (excluding diaryl/α,β-unsaturated/α-hetero) is 1. The number of rotatable bonds is 7. The molecule has 2 saturated carbocycles. The van der Waals surface area contributed by atoms with E-state index in [1.165, 1.54) is 0 Å². The topological polar surface area (TPSA) is 72.5 Å². The van der Waals surface area contributed by atoms with Crippen molar-refractivity contribution in [1.82, 2.24) is 4.72 Å². The predicted octanol–water partition coefficient (Wildman–Crippen LogP) is 3.00. The summed E-state index contributed by atoms with van der Waals surface area (Å²) in [5.41, 5.74) is 1.03. The van der Waals surface area contributed by atoms with Gasteiger partial charge in [-0.2, -0.15) is 0 Å². The molecule has 0 saturated heterocycles. The van der Waals surface area contributed by atoms with E-state index in [0.29, 0.717) is 18.8 Å². The number of ether oxygens (including phenoxy) is 1. The Morgan fingerprint density at radius 2 is 2.00 bits per heavy atom. The van der Waals surface area contributed by atoms with Crippen molar-refractivity contribution in [3.8, 4) is 0 Å². The van der Waals surface area contributed by atoms with Gasteiger partial charge in [-0.25, -0.2) is 13.1 Å². The number of hydrogen-bond donors (Lipinski definition) is 1. The summed E-state index contributed by atoms with van der Waals surface area (Å²) in [7, 11) is -2.01. The van der Waals surface area contributed by atoms with E-state index in [1.807, 2.05) is 31.2 Å². The first kappa shape index (κ1) is 19.5. The SMILES string of the molecule is CO[C@@H](CNS(=O)(=O)C[C@@]12CC[C@H](CC1=O)C2(C)C)c1ccccc1C. The van der Waals surface area contributed by atoms with Crippen LogP contribution < -0.4 is 4.72 Å². The number of methoxy groups -OCH3 is 1. The van der Waals surface area contributed by atoms with E-state index in [2.05, 4.69) is 18.6 Å². The van der Waals surface area contributed by atoms with Crippen molar-refractivity contribution in [3.05, 3.63) is 35.4 Å². The van der Waals surface area contributed by atoms with Crippen molar-refractivity contribution < 1.29 is 17.9 Å². The van der Waals surface area contributed by atoms with Crippen LogP contribution in [0.4, 0.5) is 0 Å². The summed E-state index contributed by atoms with van der Waals surface area (Å²) in [6.07, 6.45) is 1.78. The van der Waals surface area contributed by atoms with E-state index in [9.17, 15) is 13.2 Å². The normalized spacial score (nSPS) is 28.5. The molecule has 3 atom stereocenters. The molecule has 1 N–H and O–H groups in total. The molecule has 5 nitrogen and oxygen atoms in total. The molecule has 144 valence electrons. The van der Waals surface area contributed by atoms with Crippen LogP contribution in [0.25, 0.3) is 0 Å². The van der Waals surface area contributed by atoms with Crippen LogP contribution >= 0.6 is 0 Å². The molecule has 0 aliphatic heterocycles. The average molecular weight is 380 g/mol. The van der Waals surface area contributed by atoms with E-state index in [0.717, 1.165) is 17.5 Å². The molecule has 26 heavy (non-hydrogen) atoms. The van der Waals surface area contributed by atoms with E-state index in [-0.39, 0.29) is 29.6 Å². The lowest BCUT2D eigenvalue weighted by Crippen LogP contribution is -2.46. The molecule has 2 fully saturated rings. The van der Waals surface area contributed by atoms with Gasteiger partial charge in [-0.05, 0) is 42.2 Å². The fourth-order valence-electron chi connectivity index (χ4n) is 4.95. The average Bonchev–Trinajstić information content (AvgIpc) is 2.90. The van der Waals surface area contributed by atoms with Crippen LogP contribution in [-0.2, 0) is 19.6 Å². The monoisotopic (exact) mass is 379 g/mol. The van der Waals surface area contributed by atoms with Gasteiger partial charge in [0.15, 0.2) is 0 Å². The highest BCUT2D eigenvalue weighted by Gasteiger charge is 2.65. The lowest BCUT2D eigenvalue weighted by molar-refractivity contribution is -0.128. The van der Waals surface area contributed by atoms with Crippen molar-refractivity contribution in [2.75, 3.05) is 19.4 Å². The molecule has 0 spiro atoms. The minimum absolute atomic E-state index is 0.117. The molecule has 0 unspecified atom stereocenters. The fourth-order valence-corrected chi connectivity index (χ4v) is 6.79. The predicted molar refractivity (Wildman–Crippen MR) is 101 cm³/mol. The van der Waals surface area contributed by atoms with Gasteiger partial charge in [-0.1, -0.05) is 38.1 Å². The Hall–Kier alpha value is -1.24. The zero-order valence-electron chi connectivity index (χ0n) is 16.0. The van der Waals surface area contributed by atoms with Crippen LogP contribution in [0.15, 0.2) is 24.3 Å². The molecule has 3 rings (SSSR count). The Morgan fingerprint density at radius 1 is 1.31 bits per heavy atom. The zero-order valence-corrected chi connectivity index (χ0v) is 16.9. The maximum Gasteiger partial charge on any atom is 0.212 e. The van der Waals surface area contributed by atoms with Gasteiger partial charge < -0.3 is 4.74 Å². The Labute approximate surface area is 156 Å². The highest BCUT2D eigenvalue weighted by molar-refractivity contribution is 7.89. The highest BCUT2D eigenvalue weighted by Crippen LogP contribution is 2.64. The number of sulfonamides is 1. The molecule has 2 aliphatic carbocycles. The van der Waals surface area contributed by atoms with Crippen molar-refractivity contribution in [3.63, 3.8) is 0 Å². The van der Waals surface area contributed by atoms with Gasteiger partial charge in [-0.3, -0.25) is 4.79 Å². The second-order valence-corrected chi connectivity index (χ2v) is 10.2. The van der Waals surface area contributed by atoms with Crippen molar-refractivity contribution in [2.24, 2.45) is 16.7 Å². The van der Waals surface area contributed by atoms with Crippen molar-refractivity contribution >= 4 is 15.8 Å². The number of ketones is 1. The number of benzene rings is 1. The summed E-state index contributed by atoms with van der Waals surface area (Å²) in [5, 5.41) is 0. The number of hydrogen-bond acceptors (Lipinski definition) is 4. The van der Waals surface area contributed by atoms with Gasteiger partial charge >= 0.3 is 0 Å². The summed E-state index contributed by atoms with van der Waals surface area (Å²) in [4.78, 5) is 12.6. The molecule has 0 radical (unpaired) electrons. The Balaban J connectivity index is 1.74. The van der Waals surface area contributed by atoms with Crippen molar-refractivity contribution in [1.29, 1.82) is 0 Å². The summed E-state index contributed by atoms with van der Waals surface area (Å²) in [6.45, 7) is 6.25. The molecular formula is C20H29NO4S. The van der Waals surface area contributed by atoms with Gasteiger partial charge in [0.25, 0.3) is 0 Å². The Bertz CT molecular complexity index is 802. The molecule has 0 heterocycles. The minimum Gasteiger partial charge on any atom is -0.375 e. The first-order chi connectivity index (χ1) is 12.1. The van der Waals surface area contributed by atoms with E-state index >= 15 is 0 Å². The summed E-state index contributed by atoms with van der Waals surface area (Å²) in [6, 6.07) is 7.79. The van der Waals surface area contributed by atoms with E-state index < -0.39 is 15.4 Å². The quantitative estimate of drug-likeness (QED) is 0.790. The second kappa shape index (κ2) is 6.73. The number of nitrogens with one attached hydrogen (secondary N) is 1. The molecule has 0 amide bonds. The molecule has 2 aliphatic rings. The largest absolute Gasteiger partial charge is 0.375 e. The van der Waals surface area contributed by atoms with Gasteiger partial charge in [0.05, 0.1) is 11.9 Å². The summed E-state index contributed by atoms with van der Waals surface area (Å²) in [5.74, 6) is 0.308. The Kier molecular flexibility index (Phi) is 5.05. The first-order valence-electron chi connectivity index (χ1n) is 9.22. The summed E-state index contributed by atoms with van der Waals surface area (Å²) >= 11 is 0. The third-order valence-corrected chi connectivity index (χ3v) is 8.36. The van der Waals surface area contributed by atoms with E-state index in [1.54, 1.807) is 7.11 Å². The van der Waals surface area contributed by atoms with Gasteiger partial charge in [0.2, 0.25) is 10.0 Å². The first-order valence-corrected chi connectivity index (χ1v) is 10.9. The molecule has 0 aromatic heterocycles.